The van der Waals surface area contributed by atoms with Gasteiger partial charge in [-0.15, -0.1) is 11.3 Å². The molecule has 2 aliphatic heterocycles. The highest BCUT2D eigenvalue weighted by Crippen LogP contribution is 2.32. The first-order valence-electron chi connectivity index (χ1n) is 6.86. The summed E-state index contributed by atoms with van der Waals surface area (Å²) in [5.41, 5.74) is 1.07. The first-order valence-corrected chi connectivity index (χ1v) is 7.74. The molecule has 110 valence electrons. The van der Waals surface area contributed by atoms with Gasteiger partial charge in [-0.1, -0.05) is 0 Å². The number of aromatic amines is 1. The molecule has 7 heteroatoms. The Bertz CT molecular complexity index is 708. The number of amides is 2. The van der Waals surface area contributed by atoms with Crippen molar-refractivity contribution >= 4 is 33.6 Å². The Morgan fingerprint density at radius 2 is 2.33 bits per heavy atom. The zero-order valence-electron chi connectivity index (χ0n) is 11.6. The normalized spacial score (nSPS) is 25.3. The highest BCUT2D eigenvalue weighted by Gasteiger charge is 2.49. The van der Waals surface area contributed by atoms with Crippen molar-refractivity contribution in [1.82, 2.24) is 14.8 Å². The number of ether oxygens (including phenoxy) is 1. The average Bonchev–Trinajstić information content (AvgIpc) is 3.14. The van der Waals surface area contributed by atoms with Crippen LogP contribution >= 0.6 is 11.3 Å². The molecule has 21 heavy (non-hydrogen) atoms. The van der Waals surface area contributed by atoms with Crippen molar-refractivity contribution in [3.8, 4) is 0 Å². The lowest BCUT2D eigenvalue weighted by atomic mass is 10.0. The molecule has 0 aromatic carbocycles. The number of hydrogen-bond acceptors (Lipinski definition) is 4. The quantitative estimate of drug-likeness (QED) is 0.875. The summed E-state index contributed by atoms with van der Waals surface area (Å²) in [6.07, 6.45) is 0.397. The number of likely N-dealkylation sites (N-methyl/N-ethyl adjacent to an activating group) is 1. The number of carbonyl (C=O) groups is 2. The molecule has 2 aromatic rings. The molecule has 4 rings (SSSR count). The van der Waals surface area contributed by atoms with Crippen LogP contribution in [-0.2, 0) is 4.74 Å². The van der Waals surface area contributed by atoms with Crippen LogP contribution in [0.3, 0.4) is 0 Å². The number of fused-ring (bicyclic) bond motifs is 1. The minimum atomic E-state index is -0.522. The van der Waals surface area contributed by atoms with Crippen LogP contribution in [0.25, 0.3) is 10.2 Å². The second-order valence-electron chi connectivity index (χ2n) is 5.77. The van der Waals surface area contributed by atoms with E-state index < -0.39 is 5.60 Å². The largest absolute Gasteiger partial charge is 0.439 e. The van der Waals surface area contributed by atoms with Gasteiger partial charge in [0, 0.05) is 20.0 Å². The molecule has 1 N–H and O–H groups in total. The number of H-pyrrole nitrogens is 1. The molecule has 0 aliphatic carbocycles. The fourth-order valence-electron chi connectivity index (χ4n) is 3.16. The van der Waals surface area contributed by atoms with Gasteiger partial charge in [0.2, 0.25) is 0 Å². The molecule has 2 saturated heterocycles. The fourth-order valence-corrected chi connectivity index (χ4v) is 3.94. The molecular formula is C14H15N3O3S. The number of rotatable bonds is 1. The third-order valence-corrected chi connectivity index (χ3v) is 5.08. The lowest BCUT2D eigenvalue weighted by molar-refractivity contribution is 0.0551. The number of likely N-dealkylation sites (tertiary alicyclic amines) is 1. The summed E-state index contributed by atoms with van der Waals surface area (Å²) in [4.78, 5) is 30.6. The van der Waals surface area contributed by atoms with E-state index in [1.165, 1.54) is 0 Å². The van der Waals surface area contributed by atoms with Gasteiger partial charge in [-0.2, -0.15) is 0 Å². The van der Waals surface area contributed by atoms with Gasteiger partial charge in [-0.3, -0.25) is 4.79 Å². The van der Waals surface area contributed by atoms with Gasteiger partial charge in [-0.25, -0.2) is 4.79 Å². The maximum Gasteiger partial charge on any atom is 0.410 e. The van der Waals surface area contributed by atoms with Crippen LogP contribution in [-0.4, -0.2) is 59.1 Å². The number of carbonyl (C=O) groups excluding carboxylic acids is 2. The van der Waals surface area contributed by atoms with Crippen molar-refractivity contribution in [3.63, 3.8) is 0 Å². The SMILES string of the molecule is CN1CC2(CCN(C(=O)c3cc4sccc4[nH]3)C2)OC1=O. The number of hydrogen-bond donors (Lipinski definition) is 1. The standard InChI is InChI=1S/C14H15N3O3S/c1-16-7-14(20-13(16)19)3-4-17(8-14)12(18)10-6-11-9(15-10)2-5-21-11/h2,5-6,15H,3-4,7-8H2,1H3. The van der Waals surface area contributed by atoms with Crippen molar-refractivity contribution in [2.45, 2.75) is 12.0 Å². The molecule has 1 unspecified atom stereocenters. The van der Waals surface area contributed by atoms with Crippen LogP contribution in [0.15, 0.2) is 17.5 Å². The van der Waals surface area contributed by atoms with Crippen molar-refractivity contribution in [2.24, 2.45) is 0 Å². The van der Waals surface area contributed by atoms with Crippen molar-refractivity contribution in [1.29, 1.82) is 0 Å². The Labute approximate surface area is 125 Å². The lowest BCUT2D eigenvalue weighted by Crippen LogP contribution is -2.39. The summed E-state index contributed by atoms with van der Waals surface area (Å²) in [5, 5.41) is 1.99. The van der Waals surface area contributed by atoms with E-state index in [2.05, 4.69) is 4.98 Å². The smallest absolute Gasteiger partial charge is 0.410 e. The van der Waals surface area contributed by atoms with Crippen LogP contribution < -0.4 is 0 Å². The minimum absolute atomic E-state index is 0.0270. The number of thiophene rings is 1. The second-order valence-corrected chi connectivity index (χ2v) is 6.71. The minimum Gasteiger partial charge on any atom is -0.439 e. The molecule has 0 bridgehead atoms. The average molecular weight is 305 g/mol. The molecule has 6 nitrogen and oxygen atoms in total. The van der Waals surface area contributed by atoms with E-state index in [-0.39, 0.29) is 12.0 Å². The van der Waals surface area contributed by atoms with Crippen LogP contribution in [0.1, 0.15) is 16.9 Å². The van der Waals surface area contributed by atoms with E-state index in [1.807, 2.05) is 17.5 Å². The predicted octanol–water partition coefficient (Wildman–Crippen LogP) is 1.90. The van der Waals surface area contributed by atoms with Crippen LogP contribution in [0.5, 0.6) is 0 Å². The maximum absolute atomic E-state index is 12.6. The van der Waals surface area contributed by atoms with Crippen LogP contribution in [0.2, 0.25) is 0 Å². The van der Waals surface area contributed by atoms with E-state index in [0.29, 0.717) is 31.7 Å². The van der Waals surface area contributed by atoms with Gasteiger partial charge in [-0.05, 0) is 17.5 Å². The third-order valence-electron chi connectivity index (χ3n) is 4.21. The first-order chi connectivity index (χ1) is 10.1. The summed E-state index contributed by atoms with van der Waals surface area (Å²) in [6, 6.07) is 3.86. The van der Waals surface area contributed by atoms with Gasteiger partial charge in [0.25, 0.3) is 5.91 Å². The Morgan fingerprint density at radius 3 is 3.05 bits per heavy atom. The van der Waals surface area contributed by atoms with Gasteiger partial charge >= 0.3 is 6.09 Å². The van der Waals surface area contributed by atoms with Gasteiger partial charge in [0.05, 0.1) is 23.3 Å². The van der Waals surface area contributed by atoms with Crippen molar-refractivity contribution in [3.05, 3.63) is 23.2 Å². The second kappa shape index (κ2) is 4.24. The van der Waals surface area contributed by atoms with Gasteiger partial charge < -0.3 is 19.5 Å². The topological polar surface area (TPSA) is 65.6 Å². The highest BCUT2D eigenvalue weighted by atomic mass is 32.1. The Balaban J connectivity index is 1.54. The molecule has 2 aliphatic rings. The molecule has 1 atom stereocenters. The molecule has 4 heterocycles. The summed E-state index contributed by atoms with van der Waals surface area (Å²) >= 11 is 1.61. The van der Waals surface area contributed by atoms with Gasteiger partial charge in [0.1, 0.15) is 5.69 Å². The number of aromatic nitrogens is 1. The Morgan fingerprint density at radius 1 is 1.48 bits per heavy atom. The summed E-state index contributed by atoms with van der Waals surface area (Å²) in [7, 11) is 1.72. The van der Waals surface area contributed by atoms with Crippen molar-refractivity contribution < 1.29 is 14.3 Å². The van der Waals surface area contributed by atoms with Crippen molar-refractivity contribution in [2.75, 3.05) is 26.7 Å². The molecular weight excluding hydrogens is 290 g/mol. The zero-order valence-corrected chi connectivity index (χ0v) is 12.4. The molecule has 0 radical (unpaired) electrons. The molecule has 2 aromatic heterocycles. The summed E-state index contributed by atoms with van der Waals surface area (Å²) < 4.78 is 6.55. The zero-order chi connectivity index (χ0) is 14.6. The third kappa shape index (κ3) is 1.91. The van der Waals surface area contributed by atoms with Crippen LogP contribution in [0.4, 0.5) is 4.79 Å². The maximum atomic E-state index is 12.6. The van der Waals surface area contributed by atoms with E-state index in [4.69, 9.17) is 4.74 Å². The van der Waals surface area contributed by atoms with E-state index >= 15 is 0 Å². The summed E-state index contributed by atoms with van der Waals surface area (Å²) in [5.74, 6) is -0.0270. The predicted molar refractivity (Wildman–Crippen MR) is 78.5 cm³/mol. The Kier molecular flexibility index (Phi) is 2.56. The van der Waals surface area contributed by atoms with Crippen LogP contribution in [0, 0.1) is 0 Å². The molecule has 1 spiro atoms. The first kappa shape index (κ1) is 12.7. The molecule has 0 saturated carbocycles. The Hall–Kier alpha value is -2.02. The lowest BCUT2D eigenvalue weighted by Gasteiger charge is -2.21. The van der Waals surface area contributed by atoms with E-state index in [1.54, 1.807) is 28.2 Å². The van der Waals surface area contributed by atoms with Gasteiger partial charge in [0.15, 0.2) is 5.60 Å². The fraction of sp³-hybridized carbons (Fsp3) is 0.429. The highest BCUT2D eigenvalue weighted by molar-refractivity contribution is 7.17. The molecule has 2 amide bonds. The summed E-state index contributed by atoms with van der Waals surface area (Å²) in [6.45, 7) is 1.64. The number of nitrogens with one attached hydrogen (secondary N) is 1. The van der Waals surface area contributed by atoms with E-state index in [9.17, 15) is 9.59 Å². The number of nitrogens with zero attached hydrogens (tertiary/aromatic N) is 2. The monoisotopic (exact) mass is 305 g/mol. The molecule has 2 fully saturated rings. The van der Waals surface area contributed by atoms with E-state index in [0.717, 1.165) is 10.2 Å².